The molecule has 1 aromatic heterocycles. The molecule has 0 radical (unpaired) electrons. The number of benzene rings is 1. The molecule has 0 aliphatic rings. The molecule has 7 nitrogen and oxygen atoms in total. The molecular formula is C25H11ClF24N2O5. The first-order chi connectivity index (χ1) is 25.1. The topological polar surface area (TPSA) is 79.8 Å². The maximum absolute atomic E-state index is 14.2. The van der Waals surface area contributed by atoms with Crippen molar-refractivity contribution in [2.75, 3.05) is 0 Å². The molecule has 2 atom stereocenters. The van der Waals surface area contributed by atoms with Gasteiger partial charge in [-0.3, -0.25) is 4.79 Å². The van der Waals surface area contributed by atoms with E-state index in [4.69, 9.17) is 16.3 Å². The van der Waals surface area contributed by atoms with Crippen LogP contribution in [0.3, 0.4) is 0 Å². The van der Waals surface area contributed by atoms with Gasteiger partial charge < -0.3 is 9.47 Å². The molecule has 0 aliphatic carbocycles. The van der Waals surface area contributed by atoms with Crippen molar-refractivity contribution >= 4 is 17.6 Å². The third-order valence-corrected chi connectivity index (χ3v) is 6.52. The maximum Gasteiger partial charge on any atom is 0.460 e. The standard InChI is InChI=1S/C25H11ClF24N2O5/c1-8(26)13(53)54-11-6-51-12(52-7-11)9-2-4-10(5-3-9)55-14(27)15(28,29)16(30,31)22(43,44)56-24(47,48)19(36,37)20(38,39)25(49,50)57-23(45,46)18(34,35)17(32,33)21(40,41)42/h2-8,14H,1H3/t8-,14?/m0/s1. The lowest BCUT2D eigenvalue weighted by Crippen LogP contribution is -2.69. The van der Waals surface area contributed by atoms with E-state index in [1.165, 1.54) is 11.7 Å². The van der Waals surface area contributed by atoms with Crippen LogP contribution in [0, 0.1) is 0 Å². The van der Waals surface area contributed by atoms with E-state index in [0.717, 1.165) is 17.1 Å². The molecule has 0 bridgehead atoms. The van der Waals surface area contributed by atoms with Crippen LogP contribution in [0.1, 0.15) is 6.92 Å². The summed E-state index contributed by atoms with van der Waals surface area (Å²) >= 11 is 5.48. The number of alkyl halides is 25. The molecule has 1 unspecified atom stereocenters. The van der Waals surface area contributed by atoms with Crippen molar-refractivity contribution in [1.82, 2.24) is 9.97 Å². The van der Waals surface area contributed by atoms with Crippen molar-refractivity contribution in [2.24, 2.45) is 0 Å². The lowest BCUT2D eigenvalue weighted by Gasteiger charge is -2.40. The van der Waals surface area contributed by atoms with Crippen molar-refractivity contribution in [2.45, 2.75) is 84.8 Å². The van der Waals surface area contributed by atoms with Gasteiger partial charge in [0.1, 0.15) is 11.1 Å². The highest BCUT2D eigenvalue weighted by molar-refractivity contribution is 6.29. The Hall–Kier alpha value is -3.90. The quantitative estimate of drug-likeness (QED) is 0.0889. The highest BCUT2D eigenvalue weighted by atomic mass is 35.5. The van der Waals surface area contributed by atoms with Crippen LogP contribution in [-0.2, 0) is 14.3 Å². The van der Waals surface area contributed by atoms with Crippen LogP contribution in [-0.4, -0.2) is 93.8 Å². The molecule has 1 heterocycles. The number of ether oxygens (including phenoxy) is 4. The van der Waals surface area contributed by atoms with Gasteiger partial charge in [0, 0.05) is 5.56 Å². The average molecular weight is 911 g/mol. The van der Waals surface area contributed by atoms with Crippen LogP contribution in [0.2, 0.25) is 0 Å². The molecule has 0 fully saturated rings. The zero-order chi connectivity index (χ0) is 45.0. The summed E-state index contributed by atoms with van der Waals surface area (Å²) in [5.41, 5.74) is -0.189. The Labute approximate surface area is 301 Å². The SMILES string of the molecule is C[C@H](Cl)C(=O)Oc1cnc(-c2ccc(OC(F)C(F)(F)C(F)(F)C(F)(F)OC(F)(F)C(F)(F)C(F)(F)C(F)(F)OC(F)(F)C(F)(F)C(F)(F)C(F)(F)F)cc2)nc1. The van der Waals surface area contributed by atoms with Gasteiger partial charge in [-0.1, -0.05) is 0 Å². The first kappa shape index (κ1) is 49.2. The first-order valence-corrected chi connectivity index (χ1v) is 13.9. The Balaban J connectivity index is 2.34. The largest absolute Gasteiger partial charge is 0.460 e. The summed E-state index contributed by atoms with van der Waals surface area (Å²) < 4.78 is 334. The highest BCUT2D eigenvalue weighted by Gasteiger charge is 2.90. The van der Waals surface area contributed by atoms with Crippen molar-refractivity contribution < 1.29 is 129 Å². The Morgan fingerprint density at radius 2 is 0.912 bits per heavy atom. The number of esters is 1. The molecule has 0 spiro atoms. The molecule has 57 heavy (non-hydrogen) atoms. The third-order valence-electron chi connectivity index (χ3n) is 6.35. The number of carbonyl (C=O) groups excluding carboxylic acids is 1. The van der Waals surface area contributed by atoms with Gasteiger partial charge in [0.15, 0.2) is 11.6 Å². The zero-order valence-corrected chi connectivity index (χ0v) is 26.8. The van der Waals surface area contributed by atoms with Gasteiger partial charge in [-0.15, -0.1) is 11.6 Å². The summed E-state index contributed by atoms with van der Waals surface area (Å²) in [5.74, 6) is -53.0. The van der Waals surface area contributed by atoms with Gasteiger partial charge in [0.2, 0.25) is 0 Å². The third kappa shape index (κ3) is 8.77. The fourth-order valence-electron chi connectivity index (χ4n) is 3.23. The molecule has 0 N–H and O–H groups in total. The molecule has 2 rings (SSSR count). The van der Waals surface area contributed by atoms with Crippen LogP contribution in [0.25, 0.3) is 11.4 Å². The Morgan fingerprint density at radius 3 is 1.26 bits per heavy atom. The second kappa shape index (κ2) is 15.0. The van der Waals surface area contributed by atoms with Crippen LogP contribution in [0.4, 0.5) is 105 Å². The Bertz CT molecular complexity index is 1720. The van der Waals surface area contributed by atoms with Crippen molar-refractivity contribution in [1.29, 1.82) is 0 Å². The van der Waals surface area contributed by atoms with E-state index >= 15 is 0 Å². The second-order valence-corrected chi connectivity index (χ2v) is 11.2. The van der Waals surface area contributed by atoms with Crippen LogP contribution in [0.15, 0.2) is 36.7 Å². The minimum atomic E-state index is -8.93. The van der Waals surface area contributed by atoms with Gasteiger partial charge in [-0.2, -0.15) is 105 Å². The van der Waals surface area contributed by atoms with Crippen LogP contribution < -0.4 is 9.47 Å². The number of carbonyl (C=O) groups is 1. The van der Waals surface area contributed by atoms with E-state index in [1.807, 2.05) is 0 Å². The maximum atomic E-state index is 14.2. The van der Waals surface area contributed by atoms with E-state index in [-0.39, 0.29) is 17.1 Å². The molecule has 1 aromatic carbocycles. The minimum absolute atomic E-state index is 0.189. The number of halogens is 25. The van der Waals surface area contributed by atoms with E-state index in [9.17, 15) is 110 Å². The molecule has 32 heteroatoms. The fraction of sp³-hybridized carbons (Fsp3) is 0.560. The van der Waals surface area contributed by atoms with E-state index < -0.39 is 89.6 Å². The molecule has 0 saturated heterocycles. The Morgan fingerprint density at radius 1 is 0.561 bits per heavy atom. The molecule has 0 amide bonds. The van der Waals surface area contributed by atoms with E-state index in [0.29, 0.717) is 24.3 Å². The summed E-state index contributed by atoms with van der Waals surface area (Å²) in [6.45, 7) is 1.22. The summed E-state index contributed by atoms with van der Waals surface area (Å²) in [6.07, 6.45) is -45.3. The van der Waals surface area contributed by atoms with Gasteiger partial charge in [0.05, 0.1) is 12.4 Å². The van der Waals surface area contributed by atoms with Crippen LogP contribution in [0.5, 0.6) is 11.5 Å². The predicted molar refractivity (Wildman–Crippen MR) is 132 cm³/mol. The lowest BCUT2D eigenvalue weighted by molar-refractivity contribution is -0.544. The van der Waals surface area contributed by atoms with Gasteiger partial charge in [-0.25, -0.2) is 19.4 Å². The number of hydrogen-bond acceptors (Lipinski definition) is 7. The highest BCUT2D eigenvalue weighted by Crippen LogP contribution is 2.60. The molecule has 0 aliphatic heterocycles. The number of rotatable bonds is 17. The van der Waals surface area contributed by atoms with E-state index in [1.54, 1.807) is 0 Å². The monoisotopic (exact) mass is 910 g/mol. The number of aromatic nitrogens is 2. The predicted octanol–water partition coefficient (Wildman–Crippen LogP) is 10.1. The van der Waals surface area contributed by atoms with Crippen molar-refractivity contribution in [3.05, 3.63) is 36.7 Å². The lowest BCUT2D eigenvalue weighted by atomic mass is 10.1. The smallest absolute Gasteiger partial charge is 0.454 e. The van der Waals surface area contributed by atoms with Crippen molar-refractivity contribution in [3.8, 4) is 22.9 Å². The summed E-state index contributed by atoms with van der Waals surface area (Å²) in [6, 6.07) is 2.11. The Kier molecular flexibility index (Phi) is 13.0. The van der Waals surface area contributed by atoms with Crippen molar-refractivity contribution in [3.63, 3.8) is 0 Å². The second-order valence-electron chi connectivity index (χ2n) is 10.5. The normalized spacial score (nSPS) is 16.0. The molecule has 326 valence electrons. The minimum Gasteiger partial charge on any atom is -0.454 e. The van der Waals surface area contributed by atoms with Crippen LogP contribution >= 0.6 is 11.6 Å². The summed E-state index contributed by atoms with van der Waals surface area (Å²) in [4.78, 5) is 18.8. The first-order valence-electron chi connectivity index (χ1n) is 13.4. The fourth-order valence-corrected chi connectivity index (χ4v) is 3.28. The zero-order valence-electron chi connectivity index (χ0n) is 26.0. The number of hydrogen-bond donors (Lipinski definition) is 0. The average Bonchev–Trinajstić information content (AvgIpc) is 3.03. The van der Waals surface area contributed by atoms with Gasteiger partial charge >= 0.3 is 78.5 Å². The molecule has 0 saturated carbocycles. The van der Waals surface area contributed by atoms with E-state index in [2.05, 4.69) is 14.7 Å². The number of nitrogens with zero attached hydrogens (tertiary/aromatic N) is 2. The van der Waals surface area contributed by atoms with Gasteiger partial charge in [-0.05, 0) is 31.2 Å². The summed E-state index contributed by atoms with van der Waals surface area (Å²) in [7, 11) is 0. The molecule has 2 aromatic rings. The van der Waals surface area contributed by atoms with Gasteiger partial charge in [0.25, 0.3) is 0 Å². The summed E-state index contributed by atoms with van der Waals surface area (Å²) in [5, 5.41) is -1.13. The molecular weight excluding hydrogens is 900 g/mol.